The first-order valence-corrected chi connectivity index (χ1v) is 19.2. The van der Waals surface area contributed by atoms with E-state index in [-0.39, 0.29) is 20.1 Å². The number of pyridine rings is 2. The van der Waals surface area contributed by atoms with E-state index >= 15 is 0 Å². The van der Waals surface area contributed by atoms with Crippen LogP contribution >= 0.6 is 0 Å². The molecule has 0 bridgehead atoms. The number of hydrogen-bond donors (Lipinski definition) is 0. The van der Waals surface area contributed by atoms with Gasteiger partial charge in [-0.25, -0.2) is 0 Å². The molecule has 3 heterocycles. The summed E-state index contributed by atoms with van der Waals surface area (Å²) in [6.07, 6.45) is 4.84. The molecule has 47 heavy (non-hydrogen) atoms. The van der Waals surface area contributed by atoms with Crippen molar-refractivity contribution >= 4 is 35.2 Å². The fraction of sp³-hybridized carbons (Fsp3) is 0.190. The number of aryl methyl sites for hydroxylation is 1. The summed E-state index contributed by atoms with van der Waals surface area (Å²) in [6, 6.07) is 40.5. The molecule has 0 fully saturated rings. The smallest absolute Gasteiger partial charge is 0.121 e. The van der Waals surface area contributed by atoms with Gasteiger partial charge in [-0.2, -0.15) is 0 Å². The Kier molecular flexibility index (Phi) is 9.46. The Morgan fingerprint density at radius 3 is 2.32 bits per heavy atom. The molecule has 1 radical (unpaired) electrons. The van der Waals surface area contributed by atoms with E-state index in [2.05, 4.69) is 122 Å². The fourth-order valence-electron chi connectivity index (χ4n) is 5.53. The topological polar surface area (TPSA) is 38.9 Å². The standard InChI is InChI=1S/C27H22NO.C15H18NSi.Ir/c1-18(2)15-19-13-14-28-25(16-19)24-10-6-9-23-22-12-11-21(17-26(22)29-27(23)24)20-7-4-3-5-8-20;1-12-5-7-13(8-6-12)15-10-9-14(11-16-15)17(2,3)4;/h3-9,11-14,16-18H,15H2,1-2H3;5-7,9-11H,1-4H3;/q2*-1;/i;1D3;. The largest absolute Gasteiger partial charge is 0.501 e. The van der Waals surface area contributed by atoms with E-state index in [1.165, 1.54) is 22.4 Å². The molecule has 0 atom stereocenters. The second-order valence-electron chi connectivity index (χ2n) is 13.1. The molecule has 5 heteroatoms. The van der Waals surface area contributed by atoms with Gasteiger partial charge in [0.25, 0.3) is 0 Å². The SMILES string of the molecule is CC(C)Cc1ccnc(-c2[c-]ccc3c2oc2cc(-c4ccccc4)ccc23)c1.[2H]C([2H])([2H])c1c[c-]c(-c2ccc([Si](C)(C)C)cn2)cc1.[Ir]. The van der Waals surface area contributed by atoms with Crippen LogP contribution in [-0.2, 0) is 26.5 Å². The monoisotopic (exact) mass is 812 g/mol. The molecule has 0 saturated carbocycles. The Morgan fingerprint density at radius 1 is 0.809 bits per heavy atom. The second-order valence-corrected chi connectivity index (χ2v) is 18.2. The molecular weight excluding hydrogens is 769 g/mol. The number of benzene rings is 4. The maximum atomic E-state index is 7.35. The average molecular weight is 812 g/mol. The van der Waals surface area contributed by atoms with E-state index < -0.39 is 14.9 Å². The molecule has 239 valence electrons. The van der Waals surface area contributed by atoms with Gasteiger partial charge in [-0.15, -0.1) is 53.6 Å². The van der Waals surface area contributed by atoms with Crippen molar-refractivity contribution in [3.8, 4) is 33.6 Å². The summed E-state index contributed by atoms with van der Waals surface area (Å²) in [6.45, 7) is 9.22. The van der Waals surface area contributed by atoms with Crippen molar-refractivity contribution in [1.82, 2.24) is 9.97 Å². The molecule has 0 N–H and O–H groups in total. The number of nitrogens with zero attached hydrogens (tertiary/aromatic N) is 2. The van der Waals surface area contributed by atoms with Gasteiger partial charge in [0.2, 0.25) is 0 Å². The summed E-state index contributed by atoms with van der Waals surface area (Å²) in [4.78, 5) is 9.08. The van der Waals surface area contributed by atoms with E-state index in [9.17, 15) is 0 Å². The first-order chi connectivity index (χ1) is 23.4. The molecule has 3 aromatic heterocycles. The Morgan fingerprint density at radius 2 is 1.64 bits per heavy atom. The molecule has 0 spiro atoms. The van der Waals surface area contributed by atoms with Crippen molar-refractivity contribution in [3.63, 3.8) is 0 Å². The molecule has 0 aliphatic heterocycles. The predicted molar refractivity (Wildman–Crippen MR) is 196 cm³/mol. The summed E-state index contributed by atoms with van der Waals surface area (Å²) in [5, 5.41) is 3.53. The molecule has 0 aliphatic rings. The molecule has 7 aromatic rings. The van der Waals surface area contributed by atoms with Crippen LogP contribution in [0.25, 0.3) is 55.6 Å². The minimum Gasteiger partial charge on any atom is -0.501 e. The van der Waals surface area contributed by atoms with Crippen molar-refractivity contribution in [2.24, 2.45) is 5.92 Å². The van der Waals surface area contributed by atoms with E-state index in [0.29, 0.717) is 11.5 Å². The minimum atomic E-state index is -2.08. The third-order valence-corrected chi connectivity index (χ3v) is 10.0. The minimum absolute atomic E-state index is 0. The number of rotatable bonds is 6. The Labute approximate surface area is 297 Å². The zero-order chi connectivity index (χ0) is 34.8. The van der Waals surface area contributed by atoms with Crippen LogP contribution in [0.3, 0.4) is 0 Å². The summed E-state index contributed by atoms with van der Waals surface area (Å²) < 4.78 is 28.4. The van der Waals surface area contributed by atoms with Crippen LogP contribution < -0.4 is 5.19 Å². The summed E-state index contributed by atoms with van der Waals surface area (Å²) in [5.74, 6) is 0.604. The normalized spacial score (nSPS) is 12.5. The van der Waals surface area contributed by atoms with Crippen LogP contribution in [0.1, 0.15) is 29.1 Å². The Balaban J connectivity index is 0.000000204. The van der Waals surface area contributed by atoms with Crippen LogP contribution in [0, 0.1) is 24.9 Å². The predicted octanol–water partition coefficient (Wildman–Crippen LogP) is 10.7. The van der Waals surface area contributed by atoms with Crippen LogP contribution in [0.4, 0.5) is 0 Å². The van der Waals surface area contributed by atoms with E-state index in [4.69, 9.17) is 8.53 Å². The van der Waals surface area contributed by atoms with Gasteiger partial charge in [0, 0.05) is 42.0 Å². The zero-order valence-electron chi connectivity index (χ0n) is 30.4. The van der Waals surface area contributed by atoms with Crippen LogP contribution in [0.2, 0.25) is 19.6 Å². The van der Waals surface area contributed by atoms with Crippen LogP contribution in [0.5, 0.6) is 0 Å². The van der Waals surface area contributed by atoms with Gasteiger partial charge >= 0.3 is 0 Å². The Bertz CT molecular complexity index is 2130. The van der Waals surface area contributed by atoms with Crippen LogP contribution in [-0.4, -0.2) is 18.0 Å². The van der Waals surface area contributed by atoms with E-state index in [1.807, 2.05) is 30.6 Å². The van der Waals surface area contributed by atoms with Gasteiger partial charge in [0.05, 0.1) is 13.7 Å². The summed E-state index contributed by atoms with van der Waals surface area (Å²) >= 11 is 0. The van der Waals surface area contributed by atoms with Crippen molar-refractivity contribution < 1.29 is 28.6 Å². The van der Waals surface area contributed by atoms with Gasteiger partial charge in [-0.3, -0.25) is 0 Å². The molecule has 0 amide bonds. The fourth-order valence-corrected chi connectivity index (χ4v) is 6.57. The second kappa shape index (κ2) is 14.7. The summed E-state index contributed by atoms with van der Waals surface area (Å²) in [5.41, 5.74) is 9.15. The van der Waals surface area contributed by atoms with Gasteiger partial charge in [-0.05, 0) is 52.2 Å². The molecular formula is C42H40IrN2OSi-2. The first-order valence-electron chi connectivity index (χ1n) is 17.2. The van der Waals surface area contributed by atoms with Gasteiger partial charge in [0.1, 0.15) is 5.58 Å². The maximum Gasteiger partial charge on any atom is 0.121 e. The molecule has 4 aromatic carbocycles. The quantitative estimate of drug-likeness (QED) is 0.124. The maximum absolute atomic E-state index is 7.35. The van der Waals surface area contributed by atoms with Crippen molar-refractivity contribution in [2.45, 2.75) is 46.8 Å². The average Bonchev–Trinajstić information content (AvgIpc) is 3.46. The zero-order valence-corrected chi connectivity index (χ0v) is 30.8. The van der Waals surface area contributed by atoms with Crippen LogP contribution in [0.15, 0.2) is 120 Å². The van der Waals surface area contributed by atoms with E-state index in [1.54, 1.807) is 12.1 Å². The van der Waals surface area contributed by atoms with E-state index in [0.717, 1.165) is 56.4 Å². The number of furan rings is 1. The number of fused-ring (bicyclic) bond motifs is 3. The van der Waals surface area contributed by atoms with Crippen molar-refractivity contribution in [1.29, 1.82) is 0 Å². The molecule has 0 saturated heterocycles. The van der Waals surface area contributed by atoms with Gasteiger partial charge in [0.15, 0.2) is 0 Å². The molecule has 0 unspecified atom stereocenters. The third-order valence-electron chi connectivity index (χ3n) is 7.98. The molecule has 3 nitrogen and oxygen atoms in total. The van der Waals surface area contributed by atoms with Gasteiger partial charge in [-0.1, -0.05) is 118 Å². The van der Waals surface area contributed by atoms with Gasteiger partial charge < -0.3 is 14.4 Å². The third kappa shape index (κ3) is 8.05. The molecule has 0 aliphatic carbocycles. The molecule has 7 rings (SSSR count). The van der Waals surface area contributed by atoms with Crippen molar-refractivity contribution in [2.75, 3.05) is 0 Å². The number of aromatic nitrogens is 2. The summed E-state index contributed by atoms with van der Waals surface area (Å²) in [7, 11) is -1.34. The number of hydrogen-bond acceptors (Lipinski definition) is 3. The van der Waals surface area contributed by atoms with Crippen molar-refractivity contribution in [3.05, 3.63) is 139 Å². The Hall–Kier alpha value is -4.15. The first kappa shape index (κ1) is 30.2.